The molecule has 1 fully saturated rings. The van der Waals surface area contributed by atoms with E-state index in [2.05, 4.69) is 16.9 Å². The Bertz CT molecular complexity index is 530. The van der Waals surface area contributed by atoms with Crippen LogP contribution in [0.5, 0.6) is 0 Å². The molecule has 1 aromatic heterocycles. The Morgan fingerprint density at radius 1 is 1.16 bits per heavy atom. The van der Waals surface area contributed by atoms with Gasteiger partial charge in [0.1, 0.15) is 4.90 Å². The lowest BCUT2D eigenvalue weighted by Gasteiger charge is -2.33. The van der Waals surface area contributed by atoms with Crippen molar-refractivity contribution in [2.24, 2.45) is 0 Å². The van der Waals surface area contributed by atoms with Crippen LogP contribution in [0.15, 0.2) is 11.1 Å². The van der Waals surface area contributed by atoms with E-state index in [1.54, 1.807) is 22.1 Å². The number of aromatic nitrogens is 2. The molecule has 0 bridgehead atoms. The van der Waals surface area contributed by atoms with Crippen molar-refractivity contribution in [3.05, 3.63) is 11.9 Å². The van der Waals surface area contributed by atoms with E-state index in [9.17, 15) is 8.42 Å². The summed E-state index contributed by atoms with van der Waals surface area (Å²) in [7, 11) is -3.39. The van der Waals surface area contributed by atoms with Crippen molar-refractivity contribution >= 4 is 10.0 Å². The molecule has 0 atom stereocenters. The van der Waals surface area contributed by atoms with Crippen LogP contribution in [0.2, 0.25) is 0 Å². The second kappa shape index (κ2) is 5.60. The summed E-state index contributed by atoms with van der Waals surface area (Å²) in [5.74, 6) is 0. The van der Waals surface area contributed by atoms with Gasteiger partial charge in [-0.25, -0.2) is 8.42 Å². The fourth-order valence-electron chi connectivity index (χ4n) is 2.34. The van der Waals surface area contributed by atoms with E-state index in [1.807, 2.05) is 6.92 Å². The molecule has 2 heterocycles. The first-order valence-electron chi connectivity index (χ1n) is 6.75. The van der Waals surface area contributed by atoms with Crippen LogP contribution in [0.3, 0.4) is 0 Å². The zero-order valence-electron chi connectivity index (χ0n) is 11.8. The molecule has 0 N–H and O–H groups in total. The maximum atomic E-state index is 12.6. The molecule has 0 aromatic carbocycles. The van der Waals surface area contributed by atoms with Crippen LogP contribution in [0.25, 0.3) is 0 Å². The van der Waals surface area contributed by atoms with Crippen molar-refractivity contribution in [1.82, 2.24) is 19.0 Å². The Labute approximate surface area is 115 Å². The highest BCUT2D eigenvalue weighted by atomic mass is 32.2. The first-order chi connectivity index (χ1) is 8.98. The molecule has 0 unspecified atom stereocenters. The van der Waals surface area contributed by atoms with E-state index >= 15 is 0 Å². The monoisotopic (exact) mass is 286 g/mol. The van der Waals surface area contributed by atoms with Crippen molar-refractivity contribution in [2.75, 3.05) is 32.7 Å². The largest absolute Gasteiger partial charge is 0.301 e. The molecule has 0 spiro atoms. The van der Waals surface area contributed by atoms with Gasteiger partial charge in [-0.2, -0.15) is 9.40 Å². The van der Waals surface area contributed by atoms with Gasteiger partial charge in [0.05, 0.1) is 5.69 Å². The molecule has 0 amide bonds. The van der Waals surface area contributed by atoms with Crippen LogP contribution in [-0.2, 0) is 16.6 Å². The molecule has 1 aliphatic rings. The first kappa shape index (κ1) is 14.5. The van der Waals surface area contributed by atoms with Gasteiger partial charge in [-0.1, -0.05) is 6.92 Å². The van der Waals surface area contributed by atoms with E-state index in [0.717, 1.165) is 19.6 Å². The molecule has 0 radical (unpaired) electrons. The van der Waals surface area contributed by atoms with Crippen molar-refractivity contribution in [1.29, 1.82) is 0 Å². The predicted molar refractivity (Wildman–Crippen MR) is 73.5 cm³/mol. The Balaban J connectivity index is 2.20. The number of nitrogens with zero attached hydrogens (tertiary/aromatic N) is 4. The number of hydrogen-bond donors (Lipinski definition) is 0. The quantitative estimate of drug-likeness (QED) is 0.810. The smallest absolute Gasteiger partial charge is 0.246 e. The van der Waals surface area contributed by atoms with Gasteiger partial charge in [0.2, 0.25) is 10.0 Å². The summed E-state index contributed by atoms with van der Waals surface area (Å²) in [6, 6.07) is 0. The maximum Gasteiger partial charge on any atom is 0.246 e. The van der Waals surface area contributed by atoms with Crippen LogP contribution in [0, 0.1) is 6.92 Å². The van der Waals surface area contributed by atoms with E-state index in [1.165, 1.54) is 0 Å². The number of piperazine rings is 1. The average Bonchev–Trinajstić information content (AvgIpc) is 2.81. The molecule has 2 rings (SSSR count). The van der Waals surface area contributed by atoms with E-state index in [4.69, 9.17) is 0 Å². The van der Waals surface area contributed by atoms with Crippen molar-refractivity contribution in [3.8, 4) is 0 Å². The van der Waals surface area contributed by atoms with Crippen molar-refractivity contribution in [3.63, 3.8) is 0 Å². The zero-order chi connectivity index (χ0) is 14.0. The maximum absolute atomic E-state index is 12.6. The molecule has 7 heteroatoms. The summed E-state index contributed by atoms with van der Waals surface area (Å²) in [6.07, 6.45) is 1.64. The van der Waals surface area contributed by atoms with Crippen LogP contribution < -0.4 is 0 Å². The summed E-state index contributed by atoms with van der Waals surface area (Å²) in [5.41, 5.74) is 0.583. The summed E-state index contributed by atoms with van der Waals surface area (Å²) in [5, 5.41) is 4.22. The molecule has 19 heavy (non-hydrogen) atoms. The molecule has 108 valence electrons. The standard InChI is InChI=1S/C12H22N4O2S/c1-4-14-6-8-16(9-7-14)19(17,18)12-10-15(5-2)13-11(12)3/h10H,4-9H2,1-3H3. The Hall–Kier alpha value is -0.920. The van der Waals surface area contributed by atoms with Crippen LogP contribution >= 0.6 is 0 Å². The summed E-state index contributed by atoms with van der Waals surface area (Å²) in [6.45, 7) is 10.2. The minimum absolute atomic E-state index is 0.347. The predicted octanol–water partition coefficient (Wildman–Crippen LogP) is 0.538. The minimum Gasteiger partial charge on any atom is -0.301 e. The third-order valence-corrected chi connectivity index (χ3v) is 5.62. The molecule has 0 saturated carbocycles. The molecule has 1 saturated heterocycles. The lowest BCUT2D eigenvalue weighted by atomic mass is 10.4. The summed E-state index contributed by atoms with van der Waals surface area (Å²) < 4.78 is 28.4. The molecular formula is C12H22N4O2S. The fraction of sp³-hybridized carbons (Fsp3) is 0.750. The van der Waals surface area contributed by atoms with Gasteiger partial charge in [0, 0.05) is 38.9 Å². The fourth-order valence-corrected chi connectivity index (χ4v) is 3.93. The summed E-state index contributed by atoms with van der Waals surface area (Å²) >= 11 is 0. The third kappa shape index (κ3) is 2.82. The van der Waals surface area contributed by atoms with Gasteiger partial charge in [-0.15, -0.1) is 0 Å². The van der Waals surface area contributed by atoms with Crippen molar-refractivity contribution < 1.29 is 8.42 Å². The molecule has 1 aromatic rings. The number of hydrogen-bond acceptors (Lipinski definition) is 4. The van der Waals surface area contributed by atoms with Gasteiger partial charge in [-0.05, 0) is 20.4 Å². The van der Waals surface area contributed by atoms with Crippen molar-refractivity contribution in [2.45, 2.75) is 32.2 Å². The van der Waals surface area contributed by atoms with Crippen LogP contribution in [0.4, 0.5) is 0 Å². The SMILES string of the molecule is CCN1CCN(S(=O)(=O)c2cn(CC)nc2C)CC1. The number of likely N-dealkylation sites (N-methyl/N-ethyl adjacent to an activating group) is 1. The first-order valence-corrected chi connectivity index (χ1v) is 8.19. The second-order valence-electron chi connectivity index (χ2n) is 4.77. The Morgan fingerprint density at radius 2 is 1.79 bits per heavy atom. The zero-order valence-corrected chi connectivity index (χ0v) is 12.7. The van der Waals surface area contributed by atoms with E-state index in [0.29, 0.717) is 30.2 Å². The van der Waals surface area contributed by atoms with Crippen LogP contribution in [0.1, 0.15) is 19.5 Å². The highest BCUT2D eigenvalue weighted by Gasteiger charge is 2.30. The second-order valence-corrected chi connectivity index (χ2v) is 6.68. The lowest BCUT2D eigenvalue weighted by Crippen LogP contribution is -2.48. The van der Waals surface area contributed by atoms with Gasteiger partial charge in [0.15, 0.2) is 0 Å². The van der Waals surface area contributed by atoms with E-state index < -0.39 is 10.0 Å². The highest BCUT2D eigenvalue weighted by Crippen LogP contribution is 2.20. The highest BCUT2D eigenvalue weighted by molar-refractivity contribution is 7.89. The molecule has 6 nitrogen and oxygen atoms in total. The normalized spacial score (nSPS) is 18.9. The van der Waals surface area contributed by atoms with E-state index in [-0.39, 0.29) is 0 Å². The van der Waals surface area contributed by atoms with Gasteiger partial charge in [0.25, 0.3) is 0 Å². The number of rotatable bonds is 4. The minimum atomic E-state index is -3.39. The number of aryl methyl sites for hydroxylation is 2. The Kier molecular flexibility index (Phi) is 4.27. The Morgan fingerprint density at radius 3 is 2.26 bits per heavy atom. The third-order valence-electron chi connectivity index (χ3n) is 3.62. The molecule has 0 aliphatic carbocycles. The average molecular weight is 286 g/mol. The van der Waals surface area contributed by atoms with Gasteiger partial charge < -0.3 is 4.90 Å². The van der Waals surface area contributed by atoms with Crippen LogP contribution in [-0.4, -0.2) is 60.1 Å². The summed E-state index contributed by atoms with van der Waals surface area (Å²) in [4.78, 5) is 2.60. The van der Waals surface area contributed by atoms with Gasteiger partial charge >= 0.3 is 0 Å². The molecule has 1 aliphatic heterocycles. The topological polar surface area (TPSA) is 58.4 Å². The number of sulfonamides is 1. The lowest BCUT2D eigenvalue weighted by molar-refractivity contribution is 0.196. The van der Waals surface area contributed by atoms with Gasteiger partial charge in [-0.3, -0.25) is 4.68 Å². The molecular weight excluding hydrogens is 264 g/mol.